The molecule has 1 unspecified atom stereocenters. The van der Waals surface area contributed by atoms with E-state index in [1.54, 1.807) is 24.3 Å². The zero-order valence-electron chi connectivity index (χ0n) is 13.4. The summed E-state index contributed by atoms with van der Waals surface area (Å²) in [5, 5.41) is 15.1. The molecule has 0 radical (unpaired) electrons. The lowest BCUT2D eigenvalue weighted by Crippen LogP contribution is -2.29. The number of amides is 1. The molecule has 0 aromatic heterocycles. The number of hydrogen-bond donors (Lipinski definition) is 3. The van der Waals surface area contributed by atoms with Gasteiger partial charge in [-0.2, -0.15) is 0 Å². The van der Waals surface area contributed by atoms with Crippen LogP contribution >= 0.6 is 11.6 Å². The average Bonchev–Trinajstić information content (AvgIpc) is 2.65. The maximum absolute atomic E-state index is 11.8. The predicted octanol–water partition coefficient (Wildman–Crippen LogP) is 3.02. The van der Waals surface area contributed by atoms with Gasteiger partial charge in [-0.15, -0.1) is 11.6 Å². The number of Topliss-reactive ketones (excluding diaryl/α,β-unsaturated/α-hetero) is 1. The van der Waals surface area contributed by atoms with E-state index in [9.17, 15) is 14.7 Å². The lowest BCUT2D eigenvalue weighted by Gasteiger charge is -2.11. The molecule has 7 heteroatoms. The first kappa shape index (κ1) is 18.8. The first-order valence-corrected chi connectivity index (χ1v) is 8.20. The van der Waals surface area contributed by atoms with E-state index >= 15 is 0 Å². The summed E-state index contributed by atoms with van der Waals surface area (Å²) in [4.78, 5) is 23.0. The van der Waals surface area contributed by atoms with Crippen molar-refractivity contribution in [2.45, 2.75) is 12.7 Å². The van der Waals surface area contributed by atoms with Crippen LogP contribution in [-0.2, 0) is 16.1 Å². The van der Waals surface area contributed by atoms with Crippen molar-refractivity contribution in [1.82, 2.24) is 0 Å². The van der Waals surface area contributed by atoms with E-state index in [0.29, 0.717) is 11.4 Å². The van der Waals surface area contributed by atoms with Gasteiger partial charge in [0.25, 0.3) is 0 Å². The second kappa shape index (κ2) is 9.66. The van der Waals surface area contributed by atoms with Crippen LogP contribution in [0.1, 0.15) is 5.56 Å². The molecule has 0 heterocycles. The van der Waals surface area contributed by atoms with E-state index in [1.807, 2.05) is 30.3 Å². The maximum Gasteiger partial charge on any atom is 0.411 e. The van der Waals surface area contributed by atoms with Gasteiger partial charge in [0.05, 0.1) is 5.88 Å². The van der Waals surface area contributed by atoms with Gasteiger partial charge in [0, 0.05) is 17.9 Å². The number of halogens is 1. The molecular weight excluding hydrogens is 344 g/mol. The number of nitrogens with one attached hydrogen (secondary N) is 2. The number of anilines is 2. The summed E-state index contributed by atoms with van der Waals surface area (Å²) >= 11 is 5.37. The Morgan fingerprint density at radius 2 is 1.68 bits per heavy atom. The first-order chi connectivity index (χ1) is 12.1. The molecule has 0 aliphatic heterocycles. The number of alkyl halides is 1. The minimum absolute atomic E-state index is 0.0669. The lowest BCUT2D eigenvalue weighted by atomic mass is 10.2. The fourth-order valence-electron chi connectivity index (χ4n) is 1.97. The van der Waals surface area contributed by atoms with Gasteiger partial charge in [-0.05, 0) is 29.8 Å². The summed E-state index contributed by atoms with van der Waals surface area (Å²) in [5.74, 6) is -0.662. The van der Waals surface area contributed by atoms with Crippen molar-refractivity contribution in [3.63, 3.8) is 0 Å². The molecule has 0 bridgehead atoms. The number of hydrogen-bond acceptors (Lipinski definition) is 5. The third kappa shape index (κ3) is 6.45. The number of rotatable bonds is 8. The second-order valence-corrected chi connectivity index (χ2v) is 5.53. The van der Waals surface area contributed by atoms with Gasteiger partial charge in [-0.3, -0.25) is 10.1 Å². The van der Waals surface area contributed by atoms with Crippen molar-refractivity contribution in [2.24, 2.45) is 0 Å². The van der Waals surface area contributed by atoms with Crippen molar-refractivity contribution in [3.05, 3.63) is 60.2 Å². The Morgan fingerprint density at radius 3 is 2.32 bits per heavy atom. The zero-order valence-corrected chi connectivity index (χ0v) is 14.2. The van der Waals surface area contributed by atoms with Crippen LogP contribution in [0, 0.1) is 0 Å². The van der Waals surface area contributed by atoms with Gasteiger partial charge in [0.1, 0.15) is 12.7 Å². The van der Waals surface area contributed by atoms with Crippen LogP contribution < -0.4 is 10.6 Å². The minimum atomic E-state index is -1.15. The molecule has 0 saturated heterocycles. The normalized spacial score (nSPS) is 11.4. The summed E-state index contributed by atoms with van der Waals surface area (Å²) < 4.78 is 5.13. The second-order valence-electron chi connectivity index (χ2n) is 5.26. The molecule has 6 nitrogen and oxygen atoms in total. The van der Waals surface area contributed by atoms with Crippen molar-refractivity contribution in [3.8, 4) is 0 Å². The van der Waals surface area contributed by atoms with Gasteiger partial charge in [0.2, 0.25) is 0 Å². The van der Waals surface area contributed by atoms with E-state index < -0.39 is 18.0 Å². The van der Waals surface area contributed by atoms with E-state index in [-0.39, 0.29) is 19.0 Å². The standard InChI is InChI=1S/C18H19ClN2O4/c19-10-16(22)17(23)11-20-14-6-8-15(9-7-14)21-18(24)25-12-13-4-2-1-3-5-13/h1-9,17,20,23H,10-12H2,(H,21,24). The number of benzene rings is 2. The summed E-state index contributed by atoms with van der Waals surface area (Å²) in [6.07, 6.45) is -1.70. The van der Waals surface area contributed by atoms with Crippen LogP contribution in [0.4, 0.5) is 16.2 Å². The number of aliphatic hydroxyl groups is 1. The SMILES string of the molecule is O=C(Nc1ccc(NCC(O)C(=O)CCl)cc1)OCc1ccccc1. The molecule has 0 saturated carbocycles. The smallest absolute Gasteiger partial charge is 0.411 e. The summed E-state index contributed by atoms with van der Waals surface area (Å²) in [5.41, 5.74) is 2.17. The van der Waals surface area contributed by atoms with Gasteiger partial charge in [0.15, 0.2) is 5.78 Å². The van der Waals surface area contributed by atoms with Gasteiger partial charge < -0.3 is 15.2 Å². The highest BCUT2D eigenvalue weighted by atomic mass is 35.5. The van der Waals surface area contributed by atoms with E-state index in [1.165, 1.54) is 0 Å². The summed E-state index contributed by atoms with van der Waals surface area (Å²) in [6.45, 7) is 0.260. The lowest BCUT2D eigenvalue weighted by molar-refractivity contribution is -0.123. The van der Waals surface area contributed by atoms with E-state index in [0.717, 1.165) is 5.56 Å². The van der Waals surface area contributed by atoms with Crippen LogP contribution in [0.5, 0.6) is 0 Å². The van der Waals surface area contributed by atoms with Crippen molar-refractivity contribution < 1.29 is 19.4 Å². The van der Waals surface area contributed by atoms with Crippen LogP contribution in [-0.4, -0.2) is 35.5 Å². The Kier molecular flexibility index (Phi) is 7.25. The molecule has 0 aliphatic carbocycles. The van der Waals surface area contributed by atoms with Crippen LogP contribution in [0.15, 0.2) is 54.6 Å². The number of aliphatic hydroxyl groups excluding tert-OH is 1. The average molecular weight is 363 g/mol. The molecule has 2 aromatic rings. The van der Waals surface area contributed by atoms with Crippen molar-refractivity contribution in [2.75, 3.05) is 23.1 Å². The third-order valence-corrected chi connectivity index (χ3v) is 3.61. The highest BCUT2D eigenvalue weighted by Gasteiger charge is 2.13. The molecule has 0 spiro atoms. The number of carbonyl (C=O) groups is 2. The zero-order chi connectivity index (χ0) is 18.1. The Hall–Kier alpha value is -2.57. The molecule has 0 fully saturated rings. The minimum Gasteiger partial charge on any atom is -0.444 e. The largest absolute Gasteiger partial charge is 0.444 e. The number of ketones is 1. The fourth-order valence-corrected chi connectivity index (χ4v) is 2.14. The molecule has 25 heavy (non-hydrogen) atoms. The maximum atomic E-state index is 11.8. The number of carbonyl (C=O) groups excluding carboxylic acids is 2. The van der Waals surface area contributed by atoms with Gasteiger partial charge >= 0.3 is 6.09 Å². The molecule has 2 aromatic carbocycles. The van der Waals surface area contributed by atoms with Crippen LogP contribution in [0.2, 0.25) is 0 Å². The Bertz CT molecular complexity index is 692. The Labute approximate surface area is 150 Å². The molecular formula is C18H19ClN2O4. The molecule has 1 atom stereocenters. The monoisotopic (exact) mass is 362 g/mol. The highest BCUT2D eigenvalue weighted by molar-refractivity contribution is 6.28. The Balaban J connectivity index is 1.77. The van der Waals surface area contributed by atoms with Gasteiger partial charge in [-0.25, -0.2) is 4.79 Å². The quantitative estimate of drug-likeness (QED) is 0.628. The van der Waals surface area contributed by atoms with Crippen molar-refractivity contribution in [1.29, 1.82) is 0 Å². The van der Waals surface area contributed by atoms with Gasteiger partial charge in [-0.1, -0.05) is 30.3 Å². The number of ether oxygens (including phenoxy) is 1. The third-order valence-electron chi connectivity index (χ3n) is 3.35. The molecule has 1 amide bonds. The molecule has 3 N–H and O–H groups in total. The van der Waals surface area contributed by atoms with Crippen LogP contribution in [0.3, 0.4) is 0 Å². The predicted molar refractivity (Wildman–Crippen MR) is 96.9 cm³/mol. The fraction of sp³-hybridized carbons (Fsp3) is 0.222. The molecule has 0 aliphatic rings. The summed E-state index contributed by atoms with van der Waals surface area (Å²) in [6, 6.07) is 16.2. The molecule has 2 rings (SSSR count). The van der Waals surface area contributed by atoms with E-state index in [2.05, 4.69) is 10.6 Å². The van der Waals surface area contributed by atoms with E-state index in [4.69, 9.17) is 16.3 Å². The summed E-state index contributed by atoms with van der Waals surface area (Å²) in [7, 11) is 0. The first-order valence-electron chi connectivity index (χ1n) is 7.67. The highest BCUT2D eigenvalue weighted by Crippen LogP contribution is 2.14. The Morgan fingerprint density at radius 1 is 1.04 bits per heavy atom. The molecule has 132 valence electrons. The van der Waals surface area contributed by atoms with Crippen molar-refractivity contribution >= 4 is 34.9 Å². The topological polar surface area (TPSA) is 87.7 Å². The van der Waals surface area contributed by atoms with Crippen LogP contribution in [0.25, 0.3) is 0 Å².